The van der Waals surface area contributed by atoms with E-state index in [-0.39, 0.29) is 24.9 Å². The molecule has 216 valence electrons. The van der Waals surface area contributed by atoms with E-state index < -0.39 is 79.6 Å². The van der Waals surface area contributed by atoms with Crippen LogP contribution in [-0.2, 0) is 23.7 Å². The minimum absolute atomic E-state index is 0.0288. The molecular weight excluding hydrogens is 488 g/mol. The van der Waals surface area contributed by atoms with E-state index in [9.17, 15) is 25.2 Å². The lowest BCUT2D eigenvalue weighted by atomic mass is 9.83. The molecule has 3 fully saturated rings. The van der Waals surface area contributed by atoms with Crippen LogP contribution >= 0.6 is 0 Å². The molecule has 0 aromatic rings. The van der Waals surface area contributed by atoms with Crippen LogP contribution < -0.4 is 11.1 Å². The number of hydrogen-bond acceptors (Lipinski definition) is 11. The Labute approximate surface area is 218 Å². The van der Waals surface area contributed by atoms with Gasteiger partial charge in [0.1, 0.15) is 36.1 Å². The highest BCUT2D eigenvalue weighted by atomic mass is 16.7. The van der Waals surface area contributed by atoms with Crippen LogP contribution in [0.3, 0.4) is 0 Å². The smallest absolute Gasteiger partial charge is 0.407 e. The maximum Gasteiger partial charge on any atom is 0.407 e. The number of nitrogens with one attached hydrogen (secondary N) is 1. The molecule has 1 amide bonds. The van der Waals surface area contributed by atoms with Crippen molar-refractivity contribution < 1.29 is 48.9 Å². The lowest BCUT2D eigenvalue weighted by Crippen LogP contribution is -2.66. The molecule has 0 radical (unpaired) electrons. The van der Waals surface area contributed by atoms with Gasteiger partial charge < -0.3 is 55.2 Å². The zero-order chi connectivity index (χ0) is 27.5. The highest BCUT2D eigenvalue weighted by molar-refractivity contribution is 5.68. The molecular formula is C25H46N2O10. The summed E-state index contributed by atoms with van der Waals surface area (Å²) in [7, 11) is 0. The van der Waals surface area contributed by atoms with Crippen LogP contribution in [0.15, 0.2) is 0 Å². The molecule has 12 nitrogen and oxygen atoms in total. The van der Waals surface area contributed by atoms with Gasteiger partial charge in [0.05, 0.1) is 24.9 Å². The van der Waals surface area contributed by atoms with Gasteiger partial charge in [0.2, 0.25) is 0 Å². The van der Waals surface area contributed by atoms with Gasteiger partial charge in [0, 0.05) is 18.4 Å². The fourth-order valence-corrected chi connectivity index (χ4v) is 5.10. The van der Waals surface area contributed by atoms with E-state index in [0.29, 0.717) is 0 Å². The Hall–Kier alpha value is -1.09. The van der Waals surface area contributed by atoms with Crippen molar-refractivity contribution >= 4 is 6.09 Å². The Morgan fingerprint density at radius 3 is 2.32 bits per heavy atom. The predicted molar refractivity (Wildman–Crippen MR) is 131 cm³/mol. The van der Waals surface area contributed by atoms with Crippen LogP contribution in [0.4, 0.5) is 4.79 Å². The van der Waals surface area contributed by atoms with Gasteiger partial charge in [-0.1, -0.05) is 13.8 Å². The molecule has 0 bridgehead atoms. The number of rotatable bonds is 7. The summed E-state index contributed by atoms with van der Waals surface area (Å²) in [6.07, 6.45) is -6.24. The summed E-state index contributed by atoms with van der Waals surface area (Å²) in [5.74, 6) is 0.0578. The van der Waals surface area contributed by atoms with Crippen molar-refractivity contribution in [3.63, 3.8) is 0 Å². The molecule has 37 heavy (non-hydrogen) atoms. The zero-order valence-corrected chi connectivity index (χ0v) is 22.5. The minimum Gasteiger partial charge on any atom is -0.444 e. The molecule has 1 aliphatic carbocycles. The Morgan fingerprint density at radius 2 is 1.70 bits per heavy atom. The van der Waals surface area contributed by atoms with E-state index in [2.05, 4.69) is 5.32 Å². The summed E-state index contributed by atoms with van der Waals surface area (Å²) in [5, 5.41) is 44.1. The molecule has 0 aromatic heterocycles. The average molecular weight is 535 g/mol. The van der Waals surface area contributed by atoms with Crippen LogP contribution in [-0.4, -0.2) is 106 Å². The number of carbonyl (C=O) groups excluding carboxylic acids is 1. The van der Waals surface area contributed by atoms with Crippen LogP contribution in [0.25, 0.3) is 0 Å². The molecule has 12 heteroatoms. The van der Waals surface area contributed by atoms with Crippen molar-refractivity contribution in [2.75, 3.05) is 6.61 Å². The molecule has 0 spiro atoms. The molecule has 2 saturated heterocycles. The molecule has 12 atom stereocenters. The van der Waals surface area contributed by atoms with E-state index in [1.54, 1.807) is 20.8 Å². The Bertz CT molecular complexity index is 737. The van der Waals surface area contributed by atoms with Crippen LogP contribution in [0.5, 0.6) is 0 Å². The van der Waals surface area contributed by atoms with Gasteiger partial charge in [0.25, 0.3) is 0 Å². The summed E-state index contributed by atoms with van der Waals surface area (Å²) in [4.78, 5) is 12.6. The molecule has 12 unspecified atom stereocenters. The largest absolute Gasteiger partial charge is 0.444 e. The second-order valence-electron chi connectivity index (χ2n) is 11.5. The van der Waals surface area contributed by atoms with E-state index >= 15 is 0 Å². The van der Waals surface area contributed by atoms with Crippen molar-refractivity contribution in [3.05, 3.63) is 0 Å². The maximum absolute atomic E-state index is 12.6. The highest BCUT2D eigenvalue weighted by Gasteiger charge is 2.49. The van der Waals surface area contributed by atoms with Gasteiger partial charge in [-0.25, -0.2) is 4.79 Å². The fourth-order valence-electron chi connectivity index (χ4n) is 5.10. The number of ether oxygens (including phenoxy) is 5. The first kappa shape index (κ1) is 30.5. The van der Waals surface area contributed by atoms with E-state index in [4.69, 9.17) is 29.4 Å². The normalized spacial score (nSPS) is 43.3. The molecule has 7 N–H and O–H groups in total. The SMILES string of the molecule is CCC1CCC(C)C(OC2C(NC(=O)OC(C)(C)C)CC(N)C(OC3OC(CO)C(O)CC3O)C2O)O1. The number of aliphatic hydroxyl groups is 4. The number of carbonyl (C=O) groups is 1. The van der Waals surface area contributed by atoms with Crippen molar-refractivity contribution in [3.8, 4) is 0 Å². The standard InChI is InChI=1S/C25H46N2O10/c1-6-13-8-7-12(2)22(33-13)36-21-15(27-24(32)37-25(3,4)5)9-14(26)20(19(21)31)35-23-17(30)10-16(29)18(11-28)34-23/h12-23,28-31H,6-11,26H2,1-5H3,(H,27,32). The Morgan fingerprint density at radius 1 is 1.03 bits per heavy atom. The van der Waals surface area contributed by atoms with Crippen LogP contribution in [0, 0.1) is 5.92 Å². The number of amides is 1. The number of alkyl carbamates (subject to hydrolysis) is 1. The van der Waals surface area contributed by atoms with Crippen molar-refractivity contribution in [1.29, 1.82) is 0 Å². The van der Waals surface area contributed by atoms with Crippen LogP contribution in [0.1, 0.15) is 66.7 Å². The number of hydrogen-bond donors (Lipinski definition) is 6. The highest BCUT2D eigenvalue weighted by Crippen LogP contribution is 2.33. The fraction of sp³-hybridized carbons (Fsp3) is 0.960. The second kappa shape index (κ2) is 12.8. The topological polar surface area (TPSA) is 182 Å². The lowest BCUT2D eigenvalue weighted by molar-refractivity contribution is -0.312. The summed E-state index contributed by atoms with van der Waals surface area (Å²) in [5.41, 5.74) is 5.66. The first-order valence-electron chi connectivity index (χ1n) is 13.3. The zero-order valence-electron chi connectivity index (χ0n) is 22.5. The minimum atomic E-state index is -1.32. The molecule has 3 rings (SSSR count). The Balaban J connectivity index is 1.79. The van der Waals surface area contributed by atoms with Gasteiger partial charge >= 0.3 is 6.09 Å². The summed E-state index contributed by atoms with van der Waals surface area (Å²) in [6.45, 7) is 8.83. The monoisotopic (exact) mass is 534 g/mol. The lowest BCUT2D eigenvalue weighted by Gasteiger charge is -2.47. The Kier molecular flexibility index (Phi) is 10.6. The first-order valence-corrected chi connectivity index (χ1v) is 13.3. The van der Waals surface area contributed by atoms with Gasteiger partial charge in [-0.3, -0.25) is 0 Å². The molecule has 2 heterocycles. The molecule has 3 aliphatic rings. The summed E-state index contributed by atoms with van der Waals surface area (Å²) >= 11 is 0. The van der Waals surface area contributed by atoms with E-state index in [0.717, 1.165) is 19.3 Å². The van der Waals surface area contributed by atoms with Crippen LogP contribution in [0.2, 0.25) is 0 Å². The predicted octanol–water partition coefficient (Wildman–Crippen LogP) is 0.122. The summed E-state index contributed by atoms with van der Waals surface area (Å²) < 4.78 is 29.3. The van der Waals surface area contributed by atoms with Gasteiger partial charge in [0.15, 0.2) is 12.6 Å². The quantitative estimate of drug-likeness (QED) is 0.261. The molecule has 1 saturated carbocycles. The third kappa shape index (κ3) is 7.96. The van der Waals surface area contributed by atoms with Gasteiger partial charge in [-0.15, -0.1) is 0 Å². The average Bonchev–Trinajstić information content (AvgIpc) is 2.80. The van der Waals surface area contributed by atoms with Crippen molar-refractivity contribution in [2.24, 2.45) is 11.7 Å². The van der Waals surface area contributed by atoms with Crippen molar-refractivity contribution in [2.45, 2.75) is 140 Å². The number of aliphatic hydroxyl groups excluding tert-OH is 4. The van der Waals surface area contributed by atoms with E-state index in [1.165, 1.54) is 0 Å². The summed E-state index contributed by atoms with van der Waals surface area (Å²) in [6, 6.07) is -1.47. The van der Waals surface area contributed by atoms with Gasteiger partial charge in [-0.2, -0.15) is 0 Å². The van der Waals surface area contributed by atoms with Gasteiger partial charge in [-0.05, 0) is 46.5 Å². The van der Waals surface area contributed by atoms with Crippen molar-refractivity contribution in [1.82, 2.24) is 5.32 Å². The number of nitrogens with two attached hydrogens (primary N) is 1. The third-order valence-electron chi connectivity index (χ3n) is 7.21. The third-order valence-corrected chi connectivity index (χ3v) is 7.21. The maximum atomic E-state index is 12.6. The second-order valence-corrected chi connectivity index (χ2v) is 11.5. The van der Waals surface area contributed by atoms with E-state index in [1.807, 2.05) is 13.8 Å². The molecule has 0 aromatic carbocycles. The molecule has 2 aliphatic heterocycles. The first-order chi connectivity index (χ1) is 17.3.